The van der Waals surface area contributed by atoms with Crippen molar-refractivity contribution in [2.24, 2.45) is 0 Å². The standard InChI is InChI=1S/C30H40BrClN7OP/c1-20-6-7-24(28(16-20)41(4)5)34-29-22(31)19-33-30(36-29)35-25-17-23(32)26(18-27(25)40-3)39-10-8-21(9-11-39)38-14-12-37(2)13-15-38/h6-7,16-19,21H,8-15H2,1-5H3,(H2,33,34,35,36). The number of methoxy groups -OCH3 is 1. The van der Waals surface area contributed by atoms with E-state index in [0.717, 1.165) is 73.6 Å². The van der Waals surface area contributed by atoms with E-state index < -0.39 is 0 Å². The molecule has 8 nitrogen and oxygen atoms in total. The summed E-state index contributed by atoms with van der Waals surface area (Å²) in [5.41, 5.74) is 4.03. The van der Waals surface area contributed by atoms with E-state index in [0.29, 0.717) is 28.6 Å². The van der Waals surface area contributed by atoms with Crippen LogP contribution < -0.4 is 25.6 Å². The van der Waals surface area contributed by atoms with Gasteiger partial charge < -0.3 is 25.2 Å². The Bertz CT molecular complexity index is 1360. The number of hydrogen-bond acceptors (Lipinski definition) is 8. The second kappa shape index (κ2) is 13.4. The number of hydrogen-bond donors (Lipinski definition) is 2. The van der Waals surface area contributed by atoms with Crippen LogP contribution in [0.4, 0.5) is 28.8 Å². The number of nitrogens with one attached hydrogen (secondary N) is 2. The van der Waals surface area contributed by atoms with Crippen LogP contribution in [0.5, 0.6) is 5.75 Å². The van der Waals surface area contributed by atoms with Gasteiger partial charge in [-0.15, -0.1) is 0 Å². The van der Waals surface area contributed by atoms with Crippen LogP contribution in [-0.4, -0.2) is 92.6 Å². The van der Waals surface area contributed by atoms with Gasteiger partial charge in [0.25, 0.3) is 0 Å². The number of aromatic nitrogens is 2. The number of nitrogens with zero attached hydrogens (tertiary/aromatic N) is 5. The van der Waals surface area contributed by atoms with Crippen molar-refractivity contribution in [3.05, 3.63) is 51.6 Å². The van der Waals surface area contributed by atoms with E-state index in [1.54, 1.807) is 13.3 Å². The van der Waals surface area contributed by atoms with Crippen LogP contribution >= 0.6 is 35.5 Å². The van der Waals surface area contributed by atoms with Crippen LogP contribution in [0.15, 0.2) is 41.0 Å². The largest absolute Gasteiger partial charge is 0.494 e. The zero-order chi connectivity index (χ0) is 29.1. The summed E-state index contributed by atoms with van der Waals surface area (Å²) < 4.78 is 6.58. The number of piperidine rings is 1. The lowest BCUT2D eigenvalue weighted by Gasteiger charge is -2.42. The van der Waals surface area contributed by atoms with Crippen molar-refractivity contribution in [1.82, 2.24) is 19.8 Å². The molecule has 3 aromatic rings. The molecule has 2 N–H and O–H groups in total. The summed E-state index contributed by atoms with van der Waals surface area (Å²) in [4.78, 5) is 16.7. The van der Waals surface area contributed by atoms with Gasteiger partial charge in [-0.3, -0.25) is 4.90 Å². The number of halogens is 2. The zero-order valence-corrected chi connectivity index (χ0v) is 27.8. The number of ether oxygens (including phenoxy) is 1. The van der Waals surface area contributed by atoms with E-state index in [1.165, 1.54) is 10.9 Å². The molecule has 0 radical (unpaired) electrons. The van der Waals surface area contributed by atoms with Crippen LogP contribution in [0.2, 0.25) is 5.02 Å². The van der Waals surface area contributed by atoms with Crippen molar-refractivity contribution in [3.63, 3.8) is 0 Å². The molecular formula is C30H40BrClN7OP. The Kier molecular flexibility index (Phi) is 9.93. The van der Waals surface area contributed by atoms with Crippen LogP contribution in [-0.2, 0) is 0 Å². The normalized spacial score (nSPS) is 17.2. The van der Waals surface area contributed by atoms with Crippen LogP contribution in [0, 0.1) is 6.92 Å². The SMILES string of the molecule is COc1cc(N2CCC(N3CCN(C)CC3)CC2)c(Cl)cc1Nc1ncc(Br)c(Nc2ccc(C)cc2P(C)C)n1. The number of likely N-dealkylation sites (N-methyl/N-ethyl adjacent to an activating group) is 1. The van der Waals surface area contributed by atoms with Gasteiger partial charge in [0.05, 0.1) is 28.0 Å². The molecule has 0 aliphatic carbocycles. The Morgan fingerprint density at radius 1 is 1.00 bits per heavy atom. The monoisotopic (exact) mass is 659 g/mol. The fraction of sp³-hybridized carbons (Fsp3) is 0.467. The minimum Gasteiger partial charge on any atom is -0.494 e. The van der Waals surface area contributed by atoms with Crippen molar-refractivity contribution >= 4 is 69.6 Å². The third kappa shape index (κ3) is 7.26. The zero-order valence-electron chi connectivity index (χ0n) is 24.5. The Hall–Kier alpha value is -2.16. The average molecular weight is 661 g/mol. The average Bonchev–Trinajstić information content (AvgIpc) is 2.96. The number of anilines is 5. The molecule has 0 atom stereocenters. The van der Waals surface area contributed by atoms with Gasteiger partial charge in [0.15, 0.2) is 0 Å². The Morgan fingerprint density at radius 3 is 2.41 bits per heavy atom. The third-order valence-electron chi connectivity index (χ3n) is 8.01. The maximum atomic E-state index is 6.87. The molecule has 0 saturated carbocycles. The third-order valence-corrected chi connectivity index (χ3v) is 10.2. The molecule has 0 amide bonds. The first-order chi connectivity index (χ1) is 19.7. The highest BCUT2D eigenvalue weighted by atomic mass is 79.9. The summed E-state index contributed by atoms with van der Waals surface area (Å²) >= 11 is 10.5. The second-order valence-electron chi connectivity index (χ2n) is 11.1. The van der Waals surface area contributed by atoms with E-state index in [1.807, 2.05) is 12.1 Å². The molecule has 41 heavy (non-hydrogen) atoms. The second-order valence-corrected chi connectivity index (χ2v) is 14.6. The molecule has 2 saturated heterocycles. The molecule has 11 heteroatoms. The molecular weight excluding hydrogens is 621 g/mol. The predicted molar refractivity (Wildman–Crippen MR) is 178 cm³/mol. The smallest absolute Gasteiger partial charge is 0.229 e. The molecule has 2 aliphatic rings. The highest BCUT2D eigenvalue weighted by Crippen LogP contribution is 2.39. The minimum absolute atomic E-state index is 0.289. The van der Waals surface area contributed by atoms with E-state index in [-0.39, 0.29) is 7.92 Å². The fourth-order valence-corrected chi connectivity index (χ4v) is 7.24. The van der Waals surface area contributed by atoms with Crippen molar-refractivity contribution in [2.75, 3.05) is 82.3 Å². The van der Waals surface area contributed by atoms with Gasteiger partial charge in [-0.25, -0.2) is 4.98 Å². The lowest BCUT2D eigenvalue weighted by molar-refractivity contribution is 0.0982. The van der Waals surface area contributed by atoms with Gasteiger partial charge in [0.1, 0.15) is 11.6 Å². The Labute approximate surface area is 258 Å². The summed E-state index contributed by atoms with van der Waals surface area (Å²) in [7, 11) is 3.60. The van der Waals surface area contributed by atoms with Gasteiger partial charge in [0, 0.05) is 63.3 Å². The summed E-state index contributed by atoms with van der Waals surface area (Å²) in [5, 5.41) is 8.82. The lowest BCUT2D eigenvalue weighted by atomic mass is 10.0. The first kappa shape index (κ1) is 30.3. The lowest BCUT2D eigenvalue weighted by Crippen LogP contribution is -2.52. The molecule has 2 aromatic carbocycles. The summed E-state index contributed by atoms with van der Waals surface area (Å²) in [5.74, 6) is 1.85. The van der Waals surface area contributed by atoms with E-state index >= 15 is 0 Å². The number of piperazine rings is 1. The van der Waals surface area contributed by atoms with Gasteiger partial charge in [0.2, 0.25) is 5.95 Å². The molecule has 2 aliphatic heterocycles. The molecule has 0 unspecified atom stereocenters. The topological polar surface area (TPSA) is 68.8 Å². The molecule has 5 rings (SSSR count). The van der Waals surface area contributed by atoms with Crippen molar-refractivity contribution in [1.29, 1.82) is 0 Å². The Morgan fingerprint density at radius 2 is 1.73 bits per heavy atom. The van der Waals surface area contributed by atoms with Gasteiger partial charge in [-0.05, 0) is 79.6 Å². The van der Waals surface area contributed by atoms with E-state index in [9.17, 15) is 0 Å². The van der Waals surface area contributed by atoms with Crippen LogP contribution in [0.1, 0.15) is 18.4 Å². The number of rotatable bonds is 8. The van der Waals surface area contributed by atoms with Crippen molar-refractivity contribution < 1.29 is 4.74 Å². The van der Waals surface area contributed by atoms with Gasteiger partial charge in [-0.2, -0.15) is 4.98 Å². The molecule has 0 spiro atoms. The highest BCUT2D eigenvalue weighted by Gasteiger charge is 2.28. The summed E-state index contributed by atoms with van der Waals surface area (Å²) in [6, 6.07) is 11.1. The molecule has 0 bridgehead atoms. The van der Waals surface area contributed by atoms with Gasteiger partial charge >= 0.3 is 0 Å². The quantitative estimate of drug-likeness (QED) is 0.274. The van der Waals surface area contributed by atoms with Crippen molar-refractivity contribution in [2.45, 2.75) is 25.8 Å². The fourth-order valence-electron chi connectivity index (χ4n) is 5.59. The number of aryl methyl sites for hydroxylation is 1. The highest BCUT2D eigenvalue weighted by molar-refractivity contribution is 9.10. The van der Waals surface area contributed by atoms with Crippen LogP contribution in [0.25, 0.3) is 0 Å². The van der Waals surface area contributed by atoms with E-state index in [2.05, 4.69) is 91.7 Å². The van der Waals surface area contributed by atoms with E-state index in [4.69, 9.17) is 21.3 Å². The summed E-state index contributed by atoms with van der Waals surface area (Å²) in [6.07, 6.45) is 4.04. The predicted octanol–water partition coefficient (Wildman–Crippen LogP) is 6.28. The molecule has 2 fully saturated rings. The molecule has 3 heterocycles. The maximum Gasteiger partial charge on any atom is 0.229 e. The number of benzene rings is 2. The Balaban J connectivity index is 1.30. The first-order valence-corrected chi connectivity index (χ1v) is 17.5. The van der Waals surface area contributed by atoms with Gasteiger partial charge in [-0.1, -0.05) is 31.2 Å². The van der Waals surface area contributed by atoms with Crippen molar-refractivity contribution in [3.8, 4) is 5.75 Å². The first-order valence-electron chi connectivity index (χ1n) is 14.1. The summed E-state index contributed by atoms with van der Waals surface area (Å²) in [6.45, 7) is 13.2. The minimum atomic E-state index is -0.289. The van der Waals surface area contributed by atoms with Crippen LogP contribution in [0.3, 0.4) is 0 Å². The molecule has 1 aromatic heterocycles. The maximum absolute atomic E-state index is 6.87. The molecule has 220 valence electrons.